The fraction of sp³-hybridized carbons (Fsp3) is 0.240. The predicted molar refractivity (Wildman–Crippen MR) is 131 cm³/mol. The van der Waals surface area contributed by atoms with E-state index in [0.29, 0.717) is 18.7 Å². The Balaban J connectivity index is 1.33. The van der Waals surface area contributed by atoms with Gasteiger partial charge in [-0.25, -0.2) is 9.97 Å². The van der Waals surface area contributed by atoms with Crippen LogP contribution in [0.5, 0.6) is 0 Å². The van der Waals surface area contributed by atoms with Gasteiger partial charge < -0.3 is 15.1 Å². The van der Waals surface area contributed by atoms with E-state index in [1.165, 1.54) is 11.1 Å². The number of hydrogen-bond acceptors (Lipinski definition) is 6. The Bertz CT molecular complexity index is 1280. The molecule has 0 spiro atoms. The third-order valence-electron chi connectivity index (χ3n) is 6.14. The molecule has 1 fully saturated rings. The maximum atomic E-state index is 13.4. The van der Waals surface area contributed by atoms with E-state index in [-0.39, 0.29) is 5.91 Å². The standard InChI is InChI=1S/C25H25N5OS/c1-17-6-5-9-21(18(17)2)28-22-8-4-3-7-19(22)25(31)30-13-11-29(12-14-30)23-20-10-15-32-24(20)27-16-26-23/h3-10,15-16,28H,11-14H2,1-2H3. The average molecular weight is 444 g/mol. The Kier molecular flexibility index (Phi) is 5.49. The van der Waals surface area contributed by atoms with E-state index in [2.05, 4.69) is 52.2 Å². The highest BCUT2D eigenvalue weighted by Crippen LogP contribution is 2.29. The number of rotatable bonds is 4. The summed E-state index contributed by atoms with van der Waals surface area (Å²) in [5.41, 5.74) is 4.97. The SMILES string of the molecule is Cc1cccc(Nc2ccccc2C(=O)N2CCN(c3ncnc4sccc34)CC2)c1C. The number of nitrogens with one attached hydrogen (secondary N) is 1. The highest BCUT2D eigenvalue weighted by molar-refractivity contribution is 7.16. The minimum atomic E-state index is 0.0569. The van der Waals surface area contributed by atoms with E-state index in [9.17, 15) is 4.79 Å². The van der Waals surface area contributed by atoms with Gasteiger partial charge in [0.1, 0.15) is 17.0 Å². The van der Waals surface area contributed by atoms with Crippen molar-refractivity contribution in [2.75, 3.05) is 36.4 Å². The number of thiophene rings is 1. The molecule has 5 rings (SSSR count). The molecule has 3 heterocycles. The van der Waals surface area contributed by atoms with Crippen LogP contribution in [0.25, 0.3) is 10.2 Å². The number of benzene rings is 2. The van der Waals surface area contributed by atoms with E-state index >= 15 is 0 Å². The molecule has 32 heavy (non-hydrogen) atoms. The fourth-order valence-corrected chi connectivity index (χ4v) is 4.86. The topological polar surface area (TPSA) is 61.4 Å². The van der Waals surface area contributed by atoms with Crippen molar-refractivity contribution in [3.8, 4) is 0 Å². The number of amides is 1. The minimum Gasteiger partial charge on any atom is -0.355 e. The number of anilines is 3. The molecular formula is C25H25N5OS. The molecule has 1 saturated heterocycles. The first-order valence-electron chi connectivity index (χ1n) is 10.8. The van der Waals surface area contributed by atoms with E-state index in [4.69, 9.17) is 0 Å². The number of piperazine rings is 1. The highest BCUT2D eigenvalue weighted by atomic mass is 32.1. The van der Waals surface area contributed by atoms with Crippen LogP contribution in [0.15, 0.2) is 60.2 Å². The molecular weight excluding hydrogens is 418 g/mol. The van der Waals surface area contributed by atoms with Crippen molar-refractivity contribution in [3.63, 3.8) is 0 Å². The van der Waals surface area contributed by atoms with Crippen LogP contribution in [0.1, 0.15) is 21.5 Å². The third kappa shape index (κ3) is 3.80. The van der Waals surface area contributed by atoms with Gasteiger partial charge in [-0.1, -0.05) is 24.3 Å². The monoisotopic (exact) mass is 443 g/mol. The van der Waals surface area contributed by atoms with Crippen LogP contribution >= 0.6 is 11.3 Å². The lowest BCUT2D eigenvalue weighted by Crippen LogP contribution is -2.49. The van der Waals surface area contributed by atoms with Gasteiger partial charge in [0.05, 0.1) is 16.6 Å². The van der Waals surface area contributed by atoms with Crippen molar-refractivity contribution < 1.29 is 4.79 Å². The summed E-state index contributed by atoms with van der Waals surface area (Å²) < 4.78 is 0. The molecule has 1 amide bonds. The Morgan fingerprint density at radius 3 is 2.56 bits per heavy atom. The molecule has 6 nitrogen and oxygen atoms in total. The largest absolute Gasteiger partial charge is 0.355 e. The first kappa shape index (κ1) is 20.5. The average Bonchev–Trinajstić information content (AvgIpc) is 3.31. The molecule has 0 unspecified atom stereocenters. The van der Waals surface area contributed by atoms with E-state index in [1.807, 2.05) is 40.6 Å². The maximum Gasteiger partial charge on any atom is 0.256 e. The summed E-state index contributed by atoms with van der Waals surface area (Å²) in [5.74, 6) is 1.02. The van der Waals surface area contributed by atoms with Crippen molar-refractivity contribution in [3.05, 3.63) is 76.9 Å². The van der Waals surface area contributed by atoms with Gasteiger partial charge in [-0.15, -0.1) is 11.3 Å². The van der Waals surface area contributed by atoms with Crippen molar-refractivity contribution in [1.29, 1.82) is 0 Å². The molecule has 0 atom stereocenters. The predicted octanol–water partition coefficient (Wildman–Crippen LogP) is 5.01. The second kappa shape index (κ2) is 8.59. The van der Waals surface area contributed by atoms with Gasteiger partial charge in [-0.3, -0.25) is 4.79 Å². The number of hydrogen-bond donors (Lipinski definition) is 1. The molecule has 2 aromatic heterocycles. The smallest absolute Gasteiger partial charge is 0.256 e. The zero-order chi connectivity index (χ0) is 22.1. The van der Waals surface area contributed by atoms with Gasteiger partial charge in [0.25, 0.3) is 5.91 Å². The van der Waals surface area contributed by atoms with Crippen molar-refractivity contribution in [2.45, 2.75) is 13.8 Å². The number of nitrogens with zero attached hydrogens (tertiary/aromatic N) is 4. The molecule has 4 aromatic rings. The van der Waals surface area contributed by atoms with Gasteiger partial charge in [-0.05, 0) is 54.6 Å². The number of carbonyl (C=O) groups is 1. The summed E-state index contributed by atoms with van der Waals surface area (Å²) in [5, 5.41) is 6.61. The molecule has 162 valence electrons. The number of para-hydroxylation sites is 1. The molecule has 1 N–H and O–H groups in total. The quantitative estimate of drug-likeness (QED) is 0.480. The normalized spacial score (nSPS) is 14.1. The van der Waals surface area contributed by atoms with Crippen LogP contribution in [-0.2, 0) is 0 Å². The van der Waals surface area contributed by atoms with Crippen LogP contribution in [0.3, 0.4) is 0 Å². The minimum absolute atomic E-state index is 0.0569. The van der Waals surface area contributed by atoms with Crippen LogP contribution in [0.4, 0.5) is 17.2 Å². The highest BCUT2D eigenvalue weighted by Gasteiger charge is 2.25. The molecule has 7 heteroatoms. The summed E-state index contributed by atoms with van der Waals surface area (Å²) >= 11 is 1.62. The van der Waals surface area contributed by atoms with Crippen molar-refractivity contribution in [1.82, 2.24) is 14.9 Å². The lowest BCUT2D eigenvalue weighted by Gasteiger charge is -2.36. The van der Waals surface area contributed by atoms with Gasteiger partial charge in [0, 0.05) is 31.9 Å². The first-order chi connectivity index (χ1) is 15.6. The summed E-state index contributed by atoms with van der Waals surface area (Å²) in [7, 11) is 0. The maximum absolute atomic E-state index is 13.4. The summed E-state index contributed by atoms with van der Waals surface area (Å²) in [4.78, 5) is 27.5. The Morgan fingerprint density at radius 1 is 0.938 bits per heavy atom. The first-order valence-corrected chi connectivity index (χ1v) is 11.6. The van der Waals surface area contributed by atoms with E-state index in [1.54, 1.807) is 17.7 Å². The van der Waals surface area contributed by atoms with E-state index < -0.39 is 0 Å². The fourth-order valence-electron chi connectivity index (χ4n) is 4.13. The van der Waals surface area contributed by atoms with Crippen LogP contribution in [0, 0.1) is 13.8 Å². The number of aromatic nitrogens is 2. The Labute approximate surface area is 191 Å². The van der Waals surface area contributed by atoms with E-state index in [0.717, 1.165) is 40.5 Å². The van der Waals surface area contributed by atoms with Crippen molar-refractivity contribution >= 4 is 44.7 Å². The lowest BCUT2D eigenvalue weighted by molar-refractivity contribution is 0.0747. The molecule has 0 bridgehead atoms. The van der Waals surface area contributed by atoms with Gasteiger partial charge in [0.15, 0.2) is 0 Å². The molecule has 2 aromatic carbocycles. The number of fused-ring (bicyclic) bond motifs is 1. The van der Waals surface area contributed by atoms with Crippen LogP contribution in [-0.4, -0.2) is 47.0 Å². The molecule has 0 saturated carbocycles. The zero-order valence-corrected chi connectivity index (χ0v) is 19.0. The Morgan fingerprint density at radius 2 is 1.72 bits per heavy atom. The Hall–Kier alpha value is -3.45. The summed E-state index contributed by atoms with van der Waals surface area (Å²) in [6.45, 7) is 7.01. The molecule has 0 radical (unpaired) electrons. The molecule has 1 aliphatic heterocycles. The van der Waals surface area contributed by atoms with Crippen molar-refractivity contribution in [2.24, 2.45) is 0 Å². The lowest BCUT2D eigenvalue weighted by atomic mass is 10.1. The molecule has 1 aliphatic rings. The summed E-state index contributed by atoms with van der Waals surface area (Å²) in [6.07, 6.45) is 1.63. The number of carbonyl (C=O) groups excluding carboxylic acids is 1. The van der Waals surface area contributed by atoms with Gasteiger partial charge >= 0.3 is 0 Å². The zero-order valence-electron chi connectivity index (χ0n) is 18.2. The second-order valence-electron chi connectivity index (χ2n) is 8.03. The van der Waals surface area contributed by atoms with Crippen LogP contribution < -0.4 is 10.2 Å². The van der Waals surface area contributed by atoms with Gasteiger partial charge in [0.2, 0.25) is 0 Å². The van der Waals surface area contributed by atoms with Gasteiger partial charge in [-0.2, -0.15) is 0 Å². The summed E-state index contributed by atoms with van der Waals surface area (Å²) in [6, 6.07) is 16.0. The number of aryl methyl sites for hydroxylation is 1. The van der Waals surface area contributed by atoms with Crippen LogP contribution in [0.2, 0.25) is 0 Å². The second-order valence-corrected chi connectivity index (χ2v) is 8.93. The third-order valence-corrected chi connectivity index (χ3v) is 6.96. The molecule has 0 aliphatic carbocycles.